The van der Waals surface area contributed by atoms with E-state index in [-0.39, 0.29) is 18.0 Å². The van der Waals surface area contributed by atoms with Crippen molar-refractivity contribution in [2.75, 3.05) is 6.54 Å². The van der Waals surface area contributed by atoms with Crippen molar-refractivity contribution >= 4 is 0 Å². The van der Waals surface area contributed by atoms with Crippen LogP contribution in [0.2, 0.25) is 0 Å². The molecular formula is C16H21F2N3. The fourth-order valence-electron chi connectivity index (χ4n) is 2.50. The first-order valence-electron chi connectivity index (χ1n) is 7.35. The summed E-state index contributed by atoms with van der Waals surface area (Å²) in [5.74, 6) is -1.00. The monoisotopic (exact) mass is 293 g/mol. The Morgan fingerprint density at radius 2 is 1.90 bits per heavy atom. The quantitative estimate of drug-likeness (QED) is 0.847. The van der Waals surface area contributed by atoms with E-state index in [1.54, 1.807) is 6.20 Å². The molecule has 3 nitrogen and oxygen atoms in total. The Morgan fingerprint density at radius 3 is 2.52 bits per heavy atom. The highest BCUT2D eigenvalue weighted by Gasteiger charge is 2.19. The van der Waals surface area contributed by atoms with Crippen molar-refractivity contribution in [3.63, 3.8) is 0 Å². The number of rotatable bonds is 7. The molecule has 0 saturated heterocycles. The summed E-state index contributed by atoms with van der Waals surface area (Å²) in [6.45, 7) is 5.57. The van der Waals surface area contributed by atoms with E-state index in [1.807, 2.05) is 17.7 Å². The second kappa shape index (κ2) is 7.31. The van der Waals surface area contributed by atoms with Crippen molar-refractivity contribution in [1.29, 1.82) is 0 Å². The van der Waals surface area contributed by atoms with Gasteiger partial charge in [0.2, 0.25) is 0 Å². The van der Waals surface area contributed by atoms with Crippen LogP contribution in [-0.4, -0.2) is 16.3 Å². The molecule has 1 aromatic carbocycles. The molecule has 1 atom stereocenters. The van der Waals surface area contributed by atoms with Crippen LogP contribution in [0.5, 0.6) is 0 Å². The van der Waals surface area contributed by atoms with Crippen molar-refractivity contribution in [1.82, 2.24) is 15.1 Å². The molecule has 0 saturated carbocycles. The zero-order chi connectivity index (χ0) is 15.2. The van der Waals surface area contributed by atoms with Gasteiger partial charge >= 0.3 is 0 Å². The maximum atomic E-state index is 13.9. The third-order valence-corrected chi connectivity index (χ3v) is 3.46. The van der Waals surface area contributed by atoms with Crippen molar-refractivity contribution in [3.05, 3.63) is 53.4 Å². The molecule has 0 aliphatic heterocycles. The highest BCUT2D eigenvalue weighted by molar-refractivity contribution is 5.23. The molecule has 2 aromatic rings. The summed E-state index contributed by atoms with van der Waals surface area (Å²) in [6.07, 6.45) is 2.95. The Kier molecular flexibility index (Phi) is 5.44. The van der Waals surface area contributed by atoms with Crippen LogP contribution >= 0.6 is 0 Å². The standard InChI is InChI=1S/C16H21F2N3/c1-3-10-21-16(8-9-20-21)15(19-4-2)11-12-13(17)6-5-7-14(12)18/h5-9,15,19H,3-4,10-11H2,1-2H3. The van der Waals surface area contributed by atoms with Crippen LogP contribution in [0.4, 0.5) is 8.78 Å². The Hall–Kier alpha value is -1.75. The van der Waals surface area contributed by atoms with Crippen LogP contribution in [0.25, 0.3) is 0 Å². The molecule has 0 bridgehead atoms. The molecule has 21 heavy (non-hydrogen) atoms. The first-order valence-corrected chi connectivity index (χ1v) is 7.35. The zero-order valence-corrected chi connectivity index (χ0v) is 12.4. The van der Waals surface area contributed by atoms with Gasteiger partial charge in [-0.2, -0.15) is 5.10 Å². The van der Waals surface area contributed by atoms with Gasteiger partial charge in [0.15, 0.2) is 0 Å². The van der Waals surface area contributed by atoms with Crippen molar-refractivity contribution in [2.45, 2.75) is 39.3 Å². The highest BCUT2D eigenvalue weighted by Crippen LogP contribution is 2.22. The number of halogens is 2. The molecule has 0 aliphatic carbocycles. The lowest BCUT2D eigenvalue weighted by Gasteiger charge is -2.20. The fourth-order valence-corrected chi connectivity index (χ4v) is 2.50. The Balaban J connectivity index is 2.29. The number of nitrogens with one attached hydrogen (secondary N) is 1. The summed E-state index contributed by atoms with van der Waals surface area (Å²) in [6, 6.07) is 5.73. The molecule has 5 heteroatoms. The van der Waals surface area contributed by atoms with E-state index < -0.39 is 11.6 Å². The van der Waals surface area contributed by atoms with Crippen molar-refractivity contribution in [3.8, 4) is 0 Å². The third-order valence-electron chi connectivity index (χ3n) is 3.46. The molecule has 0 aliphatic rings. The summed E-state index contributed by atoms with van der Waals surface area (Å²) in [4.78, 5) is 0. The van der Waals surface area contributed by atoms with Gasteiger partial charge in [0.25, 0.3) is 0 Å². The summed E-state index contributed by atoms with van der Waals surface area (Å²) >= 11 is 0. The van der Waals surface area contributed by atoms with Gasteiger partial charge in [-0.15, -0.1) is 0 Å². The van der Waals surface area contributed by atoms with Crippen LogP contribution in [0.1, 0.15) is 37.6 Å². The van der Waals surface area contributed by atoms with Crippen LogP contribution < -0.4 is 5.32 Å². The number of likely N-dealkylation sites (N-methyl/N-ethyl adjacent to an activating group) is 1. The zero-order valence-electron chi connectivity index (χ0n) is 12.4. The third kappa shape index (κ3) is 3.67. The van der Waals surface area contributed by atoms with Gasteiger partial charge in [-0.25, -0.2) is 8.78 Å². The molecule has 114 valence electrons. The summed E-state index contributed by atoms with van der Waals surface area (Å²) in [7, 11) is 0. The first-order chi connectivity index (χ1) is 10.2. The van der Waals surface area contributed by atoms with Gasteiger partial charge in [0, 0.05) is 18.3 Å². The lowest BCUT2D eigenvalue weighted by molar-refractivity contribution is 0.459. The van der Waals surface area contributed by atoms with E-state index in [0.717, 1.165) is 25.2 Å². The van der Waals surface area contributed by atoms with E-state index >= 15 is 0 Å². The smallest absolute Gasteiger partial charge is 0.129 e. The lowest BCUT2D eigenvalue weighted by atomic mass is 10.0. The molecule has 2 rings (SSSR count). The van der Waals surface area contributed by atoms with E-state index in [4.69, 9.17) is 0 Å². The van der Waals surface area contributed by atoms with Gasteiger partial charge < -0.3 is 5.32 Å². The molecule has 0 amide bonds. The Morgan fingerprint density at radius 1 is 1.19 bits per heavy atom. The number of aromatic nitrogens is 2. The van der Waals surface area contributed by atoms with E-state index in [9.17, 15) is 8.78 Å². The number of aryl methyl sites for hydroxylation is 1. The number of benzene rings is 1. The molecule has 0 radical (unpaired) electrons. The summed E-state index contributed by atoms with van der Waals surface area (Å²) in [5, 5.41) is 7.58. The highest BCUT2D eigenvalue weighted by atomic mass is 19.1. The molecular weight excluding hydrogens is 272 g/mol. The average molecular weight is 293 g/mol. The van der Waals surface area contributed by atoms with Gasteiger partial charge in [-0.1, -0.05) is 19.9 Å². The minimum absolute atomic E-state index is 0.118. The molecule has 1 unspecified atom stereocenters. The molecule has 1 N–H and O–H groups in total. The summed E-state index contributed by atoms with van der Waals surface area (Å²) < 4.78 is 29.6. The number of nitrogens with zero attached hydrogens (tertiary/aromatic N) is 2. The van der Waals surface area contributed by atoms with Gasteiger partial charge in [-0.05, 0) is 37.6 Å². The maximum absolute atomic E-state index is 13.9. The average Bonchev–Trinajstić information content (AvgIpc) is 2.90. The van der Waals surface area contributed by atoms with Crippen LogP contribution in [0, 0.1) is 11.6 Å². The van der Waals surface area contributed by atoms with Crippen LogP contribution in [0.3, 0.4) is 0 Å². The van der Waals surface area contributed by atoms with E-state index in [2.05, 4.69) is 17.3 Å². The van der Waals surface area contributed by atoms with Crippen molar-refractivity contribution < 1.29 is 8.78 Å². The topological polar surface area (TPSA) is 29.9 Å². The fraction of sp³-hybridized carbons (Fsp3) is 0.438. The Bertz CT molecular complexity index is 560. The molecule has 1 heterocycles. The number of hydrogen-bond acceptors (Lipinski definition) is 2. The molecule has 0 fully saturated rings. The van der Waals surface area contributed by atoms with Crippen molar-refractivity contribution in [2.24, 2.45) is 0 Å². The van der Waals surface area contributed by atoms with E-state index in [1.165, 1.54) is 18.2 Å². The lowest BCUT2D eigenvalue weighted by Crippen LogP contribution is -2.26. The molecule has 1 aromatic heterocycles. The Labute approximate surface area is 124 Å². The van der Waals surface area contributed by atoms with Gasteiger partial charge in [-0.3, -0.25) is 4.68 Å². The second-order valence-electron chi connectivity index (χ2n) is 4.99. The largest absolute Gasteiger partial charge is 0.309 e. The number of hydrogen-bond donors (Lipinski definition) is 1. The van der Waals surface area contributed by atoms with Gasteiger partial charge in [0.05, 0.1) is 11.7 Å². The molecule has 0 spiro atoms. The SMILES string of the molecule is CCCn1nccc1C(Cc1c(F)cccc1F)NCC. The minimum Gasteiger partial charge on any atom is -0.309 e. The van der Waals surface area contributed by atoms with Crippen LogP contribution in [0.15, 0.2) is 30.5 Å². The minimum atomic E-state index is -0.501. The van der Waals surface area contributed by atoms with E-state index in [0.29, 0.717) is 0 Å². The maximum Gasteiger partial charge on any atom is 0.129 e. The second-order valence-corrected chi connectivity index (χ2v) is 4.99. The van der Waals surface area contributed by atoms with Gasteiger partial charge in [0.1, 0.15) is 11.6 Å². The summed E-state index contributed by atoms with van der Waals surface area (Å²) in [5.41, 5.74) is 1.08. The normalized spacial score (nSPS) is 12.6. The van der Waals surface area contributed by atoms with Crippen LogP contribution in [-0.2, 0) is 13.0 Å². The predicted octanol–water partition coefficient (Wildman–Crippen LogP) is 3.46. The first kappa shape index (κ1) is 15.6. The predicted molar refractivity (Wildman–Crippen MR) is 79.0 cm³/mol.